The third kappa shape index (κ3) is 5.12. The van der Waals surface area contributed by atoms with Crippen LogP contribution in [0.5, 0.6) is 0 Å². The van der Waals surface area contributed by atoms with Crippen molar-refractivity contribution >= 4 is 0 Å². The van der Waals surface area contributed by atoms with Gasteiger partial charge in [-0.15, -0.1) is 0 Å². The zero-order valence-corrected chi connectivity index (χ0v) is 26.6. The van der Waals surface area contributed by atoms with Crippen molar-refractivity contribution in [1.29, 1.82) is 0 Å². The molecule has 4 aliphatic carbocycles. The van der Waals surface area contributed by atoms with Crippen LogP contribution in [-0.2, 0) is 14.2 Å². The third-order valence-electron chi connectivity index (χ3n) is 13.7. The van der Waals surface area contributed by atoms with Gasteiger partial charge in [-0.25, -0.2) is 0 Å². The monoisotopic (exact) mass is 628 g/mol. The van der Waals surface area contributed by atoms with E-state index in [0.717, 1.165) is 19.3 Å². The largest absolute Gasteiger partial charge is 0.394 e. The second-order valence-electron chi connectivity index (χ2n) is 16.1. The van der Waals surface area contributed by atoms with Gasteiger partial charge in [-0.2, -0.15) is 0 Å². The van der Waals surface area contributed by atoms with Crippen LogP contribution in [0.1, 0.15) is 79.1 Å². The molecule has 2 heterocycles. The Morgan fingerprint density at radius 3 is 2.36 bits per heavy atom. The number of aliphatic hydroxyl groups excluding tert-OH is 7. The highest BCUT2D eigenvalue weighted by Gasteiger charge is 2.70. The highest BCUT2D eigenvalue weighted by Crippen LogP contribution is 2.70. The molecule has 0 bridgehead atoms. The van der Waals surface area contributed by atoms with Crippen LogP contribution in [0.2, 0.25) is 0 Å². The molecule has 19 atom stereocenters. The van der Waals surface area contributed by atoms with E-state index in [9.17, 15) is 40.9 Å². The smallest absolute Gasteiger partial charge is 0.186 e. The predicted octanol–water partition coefficient (Wildman–Crippen LogP) is 0.514. The van der Waals surface area contributed by atoms with Gasteiger partial charge in [0.1, 0.15) is 24.4 Å². The van der Waals surface area contributed by atoms with Crippen molar-refractivity contribution < 1.29 is 55.1 Å². The van der Waals surface area contributed by atoms with E-state index in [4.69, 9.17) is 14.2 Å². The van der Waals surface area contributed by atoms with Crippen molar-refractivity contribution in [2.24, 2.45) is 52.3 Å². The van der Waals surface area contributed by atoms with E-state index in [-0.39, 0.29) is 53.6 Å². The van der Waals surface area contributed by atoms with Crippen molar-refractivity contribution in [2.75, 3.05) is 13.2 Å². The summed E-state index contributed by atoms with van der Waals surface area (Å²) >= 11 is 0. The summed E-state index contributed by atoms with van der Waals surface area (Å²) in [5, 5.41) is 85.0. The second kappa shape index (κ2) is 11.9. The minimum Gasteiger partial charge on any atom is -0.394 e. The van der Waals surface area contributed by atoms with Crippen LogP contribution in [0.15, 0.2) is 0 Å². The number of hydrogen-bond acceptors (Lipinski definition) is 11. The molecule has 0 radical (unpaired) electrons. The highest BCUT2D eigenvalue weighted by molar-refractivity contribution is 5.17. The Morgan fingerprint density at radius 2 is 1.66 bits per heavy atom. The molecule has 8 N–H and O–H groups in total. The summed E-state index contributed by atoms with van der Waals surface area (Å²) in [5.74, 6) is -0.621. The Balaban J connectivity index is 1.09. The zero-order valence-electron chi connectivity index (χ0n) is 26.6. The first-order valence-corrected chi connectivity index (χ1v) is 17.0. The Kier molecular flexibility index (Phi) is 9.06. The van der Waals surface area contributed by atoms with Gasteiger partial charge in [0.15, 0.2) is 12.1 Å². The molecule has 0 amide bonds. The molecule has 0 aromatic heterocycles. The molecule has 6 rings (SSSR count). The quantitative estimate of drug-likeness (QED) is 0.196. The highest BCUT2D eigenvalue weighted by atomic mass is 16.7. The van der Waals surface area contributed by atoms with Gasteiger partial charge in [-0.05, 0) is 85.9 Å². The van der Waals surface area contributed by atoms with Crippen LogP contribution >= 0.6 is 0 Å². The Morgan fingerprint density at radius 1 is 0.932 bits per heavy atom. The van der Waals surface area contributed by atoms with E-state index in [2.05, 4.69) is 20.8 Å². The molecule has 0 aromatic rings. The third-order valence-corrected chi connectivity index (χ3v) is 13.7. The lowest BCUT2D eigenvalue weighted by Gasteiger charge is -2.63. The molecule has 4 saturated carbocycles. The molecular weight excluding hydrogens is 572 g/mol. The maximum absolute atomic E-state index is 11.8. The van der Waals surface area contributed by atoms with Gasteiger partial charge < -0.3 is 55.1 Å². The molecule has 254 valence electrons. The van der Waals surface area contributed by atoms with Gasteiger partial charge in [0.2, 0.25) is 0 Å². The lowest BCUT2D eigenvalue weighted by Crippen LogP contribution is -2.63. The first kappa shape index (κ1) is 33.5. The van der Waals surface area contributed by atoms with E-state index in [1.54, 1.807) is 0 Å². The lowest BCUT2D eigenvalue weighted by molar-refractivity contribution is -0.303. The van der Waals surface area contributed by atoms with E-state index in [1.807, 2.05) is 6.92 Å². The maximum atomic E-state index is 11.8. The standard InChI is InChI=1S/C33H56O11/c1-15(14-42-30-29(40)28(39)27(38)23(13-34)43-30)7-8-33(41)16(2)25-22(44-33)11-20-19-6-5-17-9-18(35)10-24(37)32(17,4)26(19)21(36)12-31(20,25)3/h15-30,34-41H,5-14H2,1-4H3. The van der Waals surface area contributed by atoms with Crippen LogP contribution in [-0.4, -0.2) is 115 Å². The van der Waals surface area contributed by atoms with Gasteiger partial charge in [-0.3, -0.25) is 0 Å². The molecule has 6 aliphatic rings. The van der Waals surface area contributed by atoms with E-state index < -0.39 is 66.8 Å². The summed E-state index contributed by atoms with van der Waals surface area (Å²) in [5.41, 5.74) is -0.614. The Labute approximate surface area is 260 Å². The van der Waals surface area contributed by atoms with Gasteiger partial charge in [0, 0.05) is 17.8 Å². The molecular formula is C33H56O11. The van der Waals surface area contributed by atoms with Crippen molar-refractivity contribution in [1.82, 2.24) is 0 Å². The van der Waals surface area contributed by atoms with E-state index >= 15 is 0 Å². The van der Waals surface area contributed by atoms with Crippen LogP contribution in [0.3, 0.4) is 0 Å². The van der Waals surface area contributed by atoms with Crippen LogP contribution in [0.25, 0.3) is 0 Å². The zero-order chi connectivity index (χ0) is 31.9. The SMILES string of the molecule is CC(CCC1(O)OC2CC3C4CCC5CC(O)CC(O)C5(C)C4C(O)CC3(C)C2C1C)COC1OC(CO)C(O)C(O)C1O. The molecule has 11 nitrogen and oxygen atoms in total. The molecule has 0 spiro atoms. The van der Waals surface area contributed by atoms with Crippen molar-refractivity contribution in [2.45, 2.75) is 140 Å². The van der Waals surface area contributed by atoms with Gasteiger partial charge in [0.05, 0.1) is 37.6 Å². The van der Waals surface area contributed by atoms with Gasteiger partial charge in [-0.1, -0.05) is 27.7 Å². The van der Waals surface area contributed by atoms with Crippen molar-refractivity contribution in [3.05, 3.63) is 0 Å². The first-order chi connectivity index (χ1) is 20.7. The average Bonchev–Trinajstić information content (AvgIpc) is 3.39. The minimum absolute atomic E-state index is 0.0145. The molecule has 2 aliphatic heterocycles. The summed E-state index contributed by atoms with van der Waals surface area (Å²) in [6.07, 6.45) is -2.98. The summed E-state index contributed by atoms with van der Waals surface area (Å²) in [6, 6.07) is 0. The molecule has 44 heavy (non-hydrogen) atoms. The van der Waals surface area contributed by atoms with Crippen LogP contribution < -0.4 is 0 Å². The van der Waals surface area contributed by atoms with Crippen molar-refractivity contribution in [3.8, 4) is 0 Å². The number of ether oxygens (including phenoxy) is 3. The van der Waals surface area contributed by atoms with Gasteiger partial charge >= 0.3 is 0 Å². The second-order valence-corrected chi connectivity index (χ2v) is 16.1. The van der Waals surface area contributed by atoms with E-state index in [0.29, 0.717) is 38.0 Å². The summed E-state index contributed by atoms with van der Waals surface area (Å²) in [7, 11) is 0. The molecule has 6 fully saturated rings. The fraction of sp³-hybridized carbons (Fsp3) is 1.00. The first-order valence-electron chi connectivity index (χ1n) is 17.0. The Hall–Kier alpha value is -0.440. The average molecular weight is 629 g/mol. The minimum atomic E-state index is -1.49. The van der Waals surface area contributed by atoms with Crippen LogP contribution in [0, 0.1) is 52.3 Å². The summed E-state index contributed by atoms with van der Waals surface area (Å²) < 4.78 is 17.7. The lowest BCUT2D eigenvalue weighted by atomic mass is 9.43. The molecule has 0 aromatic carbocycles. The van der Waals surface area contributed by atoms with Crippen molar-refractivity contribution in [3.63, 3.8) is 0 Å². The summed E-state index contributed by atoms with van der Waals surface area (Å²) in [4.78, 5) is 0. The number of rotatable bonds is 7. The normalized spacial score (nSPS) is 57.7. The topological polar surface area (TPSA) is 190 Å². The fourth-order valence-corrected chi connectivity index (χ4v) is 11.4. The summed E-state index contributed by atoms with van der Waals surface area (Å²) in [6.45, 7) is 8.11. The maximum Gasteiger partial charge on any atom is 0.186 e. The van der Waals surface area contributed by atoms with E-state index in [1.165, 1.54) is 0 Å². The number of hydrogen-bond donors (Lipinski definition) is 8. The predicted molar refractivity (Wildman–Crippen MR) is 156 cm³/mol. The molecule has 19 unspecified atom stereocenters. The number of aliphatic hydroxyl groups is 8. The van der Waals surface area contributed by atoms with Gasteiger partial charge in [0.25, 0.3) is 0 Å². The number of fused-ring (bicyclic) bond motifs is 7. The molecule has 2 saturated heterocycles. The molecule has 11 heteroatoms. The Bertz CT molecular complexity index is 1030. The van der Waals surface area contributed by atoms with Crippen LogP contribution in [0.4, 0.5) is 0 Å². The fourth-order valence-electron chi connectivity index (χ4n) is 11.4.